The molecular weight excluding hydrogens is 400 g/mol. The second-order valence-electron chi connectivity index (χ2n) is 8.37. The van der Waals surface area contributed by atoms with Crippen molar-refractivity contribution < 1.29 is 30.4 Å². The smallest absolute Gasteiger partial charge is 0.0853 e. The van der Waals surface area contributed by atoms with Crippen molar-refractivity contribution in [2.75, 3.05) is 55.5 Å². The zero-order valence-electron chi connectivity index (χ0n) is 22.0. The molecule has 8 heteroatoms. The van der Waals surface area contributed by atoms with Crippen LogP contribution in [0.25, 0.3) is 0 Å². The molecule has 0 spiro atoms. The van der Waals surface area contributed by atoms with Crippen LogP contribution < -0.4 is 0 Å². The first-order valence-corrected chi connectivity index (χ1v) is 11.9. The Hall–Kier alpha value is -0.320. The highest BCUT2D eigenvalue weighted by Crippen LogP contribution is 2.06. The van der Waals surface area contributed by atoms with Crippen LogP contribution in [0, 0.1) is 0 Å². The average Bonchev–Trinajstić information content (AvgIpc) is 2.69. The Kier molecular flexibility index (Phi) is 49.1. The molecule has 0 fully saturated rings. The predicted molar refractivity (Wildman–Crippen MR) is 130 cm³/mol. The van der Waals surface area contributed by atoms with E-state index in [2.05, 4.69) is 33.7 Å². The second kappa shape index (κ2) is 40.1. The van der Waals surface area contributed by atoms with Gasteiger partial charge in [0.2, 0.25) is 0 Å². The van der Waals surface area contributed by atoms with Gasteiger partial charge in [-0.2, -0.15) is 0 Å². The summed E-state index contributed by atoms with van der Waals surface area (Å²) in [5, 5.41) is 22.6. The van der Waals surface area contributed by atoms with Gasteiger partial charge in [-0.1, -0.05) is 94.6 Å². The van der Waals surface area contributed by atoms with Crippen molar-refractivity contribution in [2.24, 2.45) is 0 Å². The summed E-state index contributed by atoms with van der Waals surface area (Å²) in [7, 11) is 12.0. The minimum absolute atomic E-state index is 0.489. The summed E-state index contributed by atoms with van der Waals surface area (Å²) in [4.78, 5) is 12.6. The van der Waals surface area contributed by atoms with Gasteiger partial charge in [0.15, 0.2) is 0 Å². The standard InChI is InChI=1S/C9H20O3.C8H18O3.2C3H9N/c1-2-3-4-5-6-7-8-9-11-12-10;1-2-3-4-5-6-7-8-10-11-9;2*1-4(2)3/h10H,2-9H2,1H3;9H,2-8H2,1H3;2*1-3H3. The molecule has 0 aliphatic rings. The third-order valence-corrected chi connectivity index (χ3v) is 3.52. The second-order valence-corrected chi connectivity index (χ2v) is 8.37. The quantitative estimate of drug-likeness (QED) is 0.150. The Balaban J connectivity index is -0.000000176. The molecule has 0 heterocycles. The Morgan fingerprint density at radius 2 is 0.677 bits per heavy atom. The third kappa shape index (κ3) is 81.7. The van der Waals surface area contributed by atoms with Crippen LogP contribution in [-0.4, -0.2) is 75.8 Å². The van der Waals surface area contributed by atoms with Crippen molar-refractivity contribution in [3.63, 3.8) is 0 Å². The lowest BCUT2D eigenvalue weighted by atomic mass is 10.1. The van der Waals surface area contributed by atoms with Gasteiger partial charge in [-0.05, 0) is 55.1 Å². The van der Waals surface area contributed by atoms with E-state index in [9.17, 15) is 0 Å². The molecule has 0 radical (unpaired) electrons. The highest BCUT2D eigenvalue weighted by atomic mass is 17.5. The molecule has 0 aliphatic carbocycles. The van der Waals surface area contributed by atoms with Crippen LogP contribution in [0.15, 0.2) is 0 Å². The van der Waals surface area contributed by atoms with Crippen molar-refractivity contribution >= 4 is 0 Å². The van der Waals surface area contributed by atoms with E-state index < -0.39 is 0 Å². The highest BCUT2D eigenvalue weighted by Gasteiger charge is 1.91. The summed E-state index contributed by atoms with van der Waals surface area (Å²) in [5.41, 5.74) is 0. The van der Waals surface area contributed by atoms with Crippen LogP contribution in [0.4, 0.5) is 0 Å². The topological polar surface area (TPSA) is 83.9 Å². The van der Waals surface area contributed by atoms with E-state index in [1.807, 2.05) is 52.1 Å². The molecule has 0 saturated heterocycles. The van der Waals surface area contributed by atoms with Crippen molar-refractivity contribution in [2.45, 2.75) is 97.3 Å². The lowest BCUT2D eigenvalue weighted by Crippen LogP contribution is -1.99. The maximum absolute atomic E-state index is 7.82. The first-order valence-electron chi connectivity index (χ1n) is 11.9. The molecule has 8 nitrogen and oxygen atoms in total. The molecule has 0 amide bonds. The summed E-state index contributed by atoms with van der Waals surface area (Å²) in [6, 6.07) is 0. The lowest BCUT2D eigenvalue weighted by molar-refractivity contribution is -0.490. The maximum Gasteiger partial charge on any atom is 0.0853 e. The summed E-state index contributed by atoms with van der Waals surface area (Å²) >= 11 is 0. The average molecular weight is 457 g/mol. The van der Waals surface area contributed by atoms with Gasteiger partial charge in [-0.3, -0.25) is 0 Å². The molecule has 0 aromatic rings. The van der Waals surface area contributed by atoms with Crippen molar-refractivity contribution in [1.82, 2.24) is 9.80 Å². The molecule has 0 atom stereocenters. The molecule has 0 aromatic heterocycles. The van der Waals surface area contributed by atoms with Gasteiger partial charge in [0.25, 0.3) is 0 Å². The fourth-order valence-electron chi connectivity index (χ4n) is 2.13. The van der Waals surface area contributed by atoms with Gasteiger partial charge >= 0.3 is 0 Å². The molecule has 2 N–H and O–H groups in total. The van der Waals surface area contributed by atoms with E-state index in [4.69, 9.17) is 10.5 Å². The number of hydrogen-bond donors (Lipinski definition) is 2. The van der Waals surface area contributed by atoms with E-state index in [1.54, 1.807) is 0 Å². The molecule has 194 valence electrons. The van der Waals surface area contributed by atoms with Gasteiger partial charge in [0.1, 0.15) is 0 Å². The molecular formula is C23H56N2O6. The van der Waals surface area contributed by atoms with E-state index in [0.717, 1.165) is 25.7 Å². The van der Waals surface area contributed by atoms with Crippen LogP contribution in [0.2, 0.25) is 0 Å². The molecule has 0 aliphatic heterocycles. The van der Waals surface area contributed by atoms with E-state index >= 15 is 0 Å². The van der Waals surface area contributed by atoms with Crippen LogP contribution in [-0.2, 0) is 19.9 Å². The number of nitrogens with zero attached hydrogens (tertiary/aromatic N) is 2. The molecule has 0 saturated carbocycles. The normalized spacial score (nSPS) is 10.1. The molecule has 0 unspecified atom stereocenters. The maximum atomic E-state index is 7.82. The Bertz CT molecular complexity index is 231. The van der Waals surface area contributed by atoms with Gasteiger partial charge < -0.3 is 9.80 Å². The van der Waals surface area contributed by atoms with E-state index in [1.165, 1.54) is 57.8 Å². The number of rotatable bonds is 17. The van der Waals surface area contributed by atoms with Gasteiger partial charge in [-0.15, -0.1) is 0 Å². The fraction of sp³-hybridized carbons (Fsp3) is 1.00. The van der Waals surface area contributed by atoms with Crippen molar-refractivity contribution in [3.05, 3.63) is 0 Å². The number of unbranched alkanes of at least 4 members (excludes halogenated alkanes) is 11. The summed E-state index contributed by atoms with van der Waals surface area (Å²) in [5.74, 6) is 0. The molecule has 31 heavy (non-hydrogen) atoms. The Labute approximate surface area is 193 Å². The third-order valence-electron chi connectivity index (χ3n) is 3.52. The highest BCUT2D eigenvalue weighted by molar-refractivity contribution is 4.44. The SMILES string of the molecule is CCCCCCCCCOOO.CCCCCCCCOOO.CN(C)C.CN(C)C. The van der Waals surface area contributed by atoms with Crippen LogP contribution in [0.5, 0.6) is 0 Å². The van der Waals surface area contributed by atoms with Gasteiger partial charge in [0.05, 0.1) is 13.2 Å². The van der Waals surface area contributed by atoms with E-state index in [-0.39, 0.29) is 0 Å². The van der Waals surface area contributed by atoms with Crippen LogP contribution >= 0.6 is 0 Å². The first kappa shape index (κ1) is 38.0. The van der Waals surface area contributed by atoms with Crippen LogP contribution in [0.1, 0.15) is 97.3 Å². The predicted octanol–water partition coefficient (Wildman–Crippen LogP) is 6.28. The molecule has 0 aromatic carbocycles. The summed E-state index contributed by atoms with van der Waals surface area (Å²) in [6.07, 6.45) is 15.9. The van der Waals surface area contributed by atoms with Crippen LogP contribution in [0.3, 0.4) is 0 Å². The minimum Gasteiger partial charge on any atom is -0.312 e. The van der Waals surface area contributed by atoms with Crippen molar-refractivity contribution in [3.8, 4) is 0 Å². The molecule has 0 rings (SSSR count). The Morgan fingerprint density at radius 1 is 0.452 bits per heavy atom. The zero-order chi connectivity index (χ0) is 24.6. The first-order chi connectivity index (χ1) is 14.8. The Morgan fingerprint density at radius 3 is 0.903 bits per heavy atom. The fourth-order valence-corrected chi connectivity index (χ4v) is 2.13. The lowest BCUT2D eigenvalue weighted by Gasteiger charge is -1.99. The minimum atomic E-state index is 0.489. The van der Waals surface area contributed by atoms with Gasteiger partial charge in [-0.25, -0.2) is 20.3 Å². The van der Waals surface area contributed by atoms with E-state index in [0.29, 0.717) is 13.2 Å². The molecule has 0 bridgehead atoms. The largest absolute Gasteiger partial charge is 0.312 e. The monoisotopic (exact) mass is 456 g/mol. The van der Waals surface area contributed by atoms with Crippen molar-refractivity contribution in [1.29, 1.82) is 0 Å². The van der Waals surface area contributed by atoms with Gasteiger partial charge in [0, 0.05) is 0 Å². The number of hydrogen-bond acceptors (Lipinski definition) is 8. The summed E-state index contributed by atoms with van der Waals surface area (Å²) in [6.45, 7) is 5.39. The summed E-state index contributed by atoms with van der Waals surface area (Å²) < 4.78 is 0. The zero-order valence-corrected chi connectivity index (χ0v) is 22.0.